The van der Waals surface area contributed by atoms with Crippen LogP contribution in [0.15, 0.2) is 24.3 Å². The smallest absolute Gasteiger partial charge is 0.123 e. The lowest BCUT2D eigenvalue weighted by Gasteiger charge is -2.57. The lowest BCUT2D eigenvalue weighted by molar-refractivity contribution is -0.0206. The molecule has 0 unspecified atom stereocenters. The van der Waals surface area contributed by atoms with Crippen molar-refractivity contribution in [1.29, 1.82) is 0 Å². The Labute approximate surface area is 134 Å². The number of rotatable bonds is 6. The summed E-state index contributed by atoms with van der Waals surface area (Å²) in [5, 5.41) is 3.98. The van der Waals surface area contributed by atoms with Gasteiger partial charge in [-0.15, -0.1) is 0 Å². The quantitative estimate of drug-likeness (QED) is 0.833. The highest BCUT2D eigenvalue weighted by atomic mass is 16.5. The van der Waals surface area contributed by atoms with Gasteiger partial charge in [-0.05, 0) is 68.8 Å². The van der Waals surface area contributed by atoms with E-state index in [1.54, 1.807) is 0 Å². The van der Waals surface area contributed by atoms with E-state index in [9.17, 15) is 0 Å². The minimum absolute atomic E-state index is 0.437. The first kappa shape index (κ1) is 14.6. The summed E-state index contributed by atoms with van der Waals surface area (Å²) < 4.78 is 5.92. The molecule has 0 heterocycles. The highest BCUT2D eigenvalue weighted by Gasteiger charge is 2.50. The number of ether oxygens (including phenoxy) is 1. The molecule has 4 saturated carbocycles. The number of hydrogen-bond acceptors (Lipinski definition) is 2. The van der Waals surface area contributed by atoms with Gasteiger partial charge in [0.15, 0.2) is 0 Å². The molecule has 120 valence electrons. The predicted molar refractivity (Wildman–Crippen MR) is 90.0 cm³/mol. The summed E-state index contributed by atoms with van der Waals surface area (Å²) in [6.45, 7) is 3.94. The van der Waals surface area contributed by atoms with Crippen LogP contribution < -0.4 is 10.1 Å². The molecule has 22 heavy (non-hydrogen) atoms. The molecular formula is C20H29NO. The van der Waals surface area contributed by atoms with E-state index in [0.717, 1.165) is 43.1 Å². The summed E-state index contributed by atoms with van der Waals surface area (Å²) in [5.74, 6) is 4.09. The van der Waals surface area contributed by atoms with Crippen molar-refractivity contribution < 1.29 is 4.74 Å². The van der Waals surface area contributed by atoms with Gasteiger partial charge in [0.2, 0.25) is 0 Å². The van der Waals surface area contributed by atoms with Gasteiger partial charge in [-0.3, -0.25) is 0 Å². The maximum atomic E-state index is 5.92. The molecule has 1 aromatic rings. The Morgan fingerprint density at radius 2 is 1.68 bits per heavy atom. The van der Waals surface area contributed by atoms with Gasteiger partial charge in [-0.25, -0.2) is 0 Å². The van der Waals surface area contributed by atoms with E-state index < -0.39 is 0 Å². The third-order valence-corrected chi connectivity index (χ3v) is 6.13. The molecule has 0 spiro atoms. The molecule has 2 heteroatoms. The average molecular weight is 299 g/mol. The maximum Gasteiger partial charge on any atom is 0.123 e. The molecule has 0 aromatic heterocycles. The van der Waals surface area contributed by atoms with E-state index in [0.29, 0.717) is 5.54 Å². The number of para-hydroxylation sites is 1. The van der Waals surface area contributed by atoms with Crippen molar-refractivity contribution in [3.05, 3.63) is 29.8 Å². The molecule has 4 aliphatic carbocycles. The maximum absolute atomic E-state index is 5.92. The first-order valence-electron chi connectivity index (χ1n) is 9.22. The van der Waals surface area contributed by atoms with Gasteiger partial charge < -0.3 is 10.1 Å². The van der Waals surface area contributed by atoms with Crippen molar-refractivity contribution in [3.8, 4) is 5.75 Å². The minimum atomic E-state index is 0.437. The zero-order valence-corrected chi connectivity index (χ0v) is 13.8. The van der Waals surface area contributed by atoms with Crippen molar-refractivity contribution in [2.24, 2.45) is 17.8 Å². The zero-order chi connectivity index (χ0) is 15.0. The Morgan fingerprint density at radius 3 is 2.32 bits per heavy atom. The molecular weight excluding hydrogens is 270 g/mol. The van der Waals surface area contributed by atoms with E-state index in [2.05, 4.69) is 36.5 Å². The summed E-state index contributed by atoms with van der Waals surface area (Å²) in [6, 6.07) is 8.56. The molecule has 0 atom stereocenters. The van der Waals surface area contributed by atoms with E-state index >= 15 is 0 Å². The summed E-state index contributed by atoms with van der Waals surface area (Å²) in [7, 11) is 0. The van der Waals surface area contributed by atoms with Crippen LogP contribution in [0.25, 0.3) is 0 Å². The summed E-state index contributed by atoms with van der Waals surface area (Å²) in [4.78, 5) is 0. The third kappa shape index (κ3) is 2.78. The molecule has 0 radical (unpaired) electrons. The number of nitrogens with one attached hydrogen (secondary N) is 1. The molecule has 1 aromatic carbocycles. The molecule has 4 bridgehead atoms. The number of benzene rings is 1. The van der Waals surface area contributed by atoms with E-state index in [4.69, 9.17) is 4.74 Å². The zero-order valence-electron chi connectivity index (χ0n) is 13.8. The third-order valence-electron chi connectivity index (χ3n) is 6.13. The van der Waals surface area contributed by atoms with Crippen LogP contribution in [0.2, 0.25) is 0 Å². The predicted octanol–water partition coefficient (Wildman–Crippen LogP) is 4.53. The number of hydrogen-bond donors (Lipinski definition) is 1. The van der Waals surface area contributed by atoms with Crippen LogP contribution in [0.3, 0.4) is 0 Å². The van der Waals surface area contributed by atoms with Crippen LogP contribution >= 0.6 is 0 Å². The minimum Gasteiger partial charge on any atom is -0.493 e. The lowest BCUT2D eigenvalue weighted by atomic mass is 9.53. The van der Waals surface area contributed by atoms with Gasteiger partial charge in [0, 0.05) is 17.6 Å². The SMILES string of the molecule is CCCOc1ccccc1CNC12CC3CC(CC(C3)C1)C2. The molecule has 4 aliphatic rings. The fraction of sp³-hybridized carbons (Fsp3) is 0.700. The summed E-state index contributed by atoms with van der Waals surface area (Å²) in [5.41, 5.74) is 1.76. The highest BCUT2D eigenvalue weighted by molar-refractivity contribution is 5.33. The van der Waals surface area contributed by atoms with Crippen LogP contribution in [0, 0.1) is 17.8 Å². The van der Waals surface area contributed by atoms with Gasteiger partial charge in [0.05, 0.1) is 6.61 Å². The van der Waals surface area contributed by atoms with Crippen molar-refractivity contribution in [2.75, 3.05) is 6.61 Å². The first-order chi connectivity index (χ1) is 10.8. The second-order valence-electron chi connectivity index (χ2n) is 8.01. The van der Waals surface area contributed by atoms with E-state index in [1.165, 1.54) is 44.1 Å². The van der Waals surface area contributed by atoms with Crippen LogP contribution in [0.5, 0.6) is 5.75 Å². The Hall–Kier alpha value is -1.02. The van der Waals surface area contributed by atoms with Gasteiger partial charge in [0.25, 0.3) is 0 Å². The highest BCUT2D eigenvalue weighted by Crippen LogP contribution is 2.55. The van der Waals surface area contributed by atoms with Crippen LogP contribution in [0.1, 0.15) is 57.4 Å². The molecule has 5 rings (SSSR count). The fourth-order valence-electron chi connectivity index (χ4n) is 5.61. The molecule has 1 N–H and O–H groups in total. The van der Waals surface area contributed by atoms with Crippen LogP contribution in [-0.4, -0.2) is 12.1 Å². The lowest BCUT2D eigenvalue weighted by Crippen LogP contribution is -2.58. The fourth-order valence-corrected chi connectivity index (χ4v) is 5.61. The van der Waals surface area contributed by atoms with E-state index in [1.807, 2.05) is 0 Å². The Balaban J connectivity index is 1.44. The second-order valence-corrected chi connectivity index (χ2v) is 8.01. The summed E-state index contributed by atoms with van der Waals surface area (Å²) in [6.07, 6.45) is 9.84. The second kappa shape index (κ2) is 5.88. The molecule has 0 aliphatic heterocycles. The first-order valence-corrected chi connectivity index (χ1v) is 9.22. The van der Waals surface area contributed by atoms with Gasteiger partial charge in [0.1, 0.15) is 5.75 Å². The molecule has 0 amide bonds. The Kier molecular flexibility index (Phi) is 3.89. The molecule has 4 fully saturated rings. The van der Waals surface area contributed by atoms with Gasteiger partial charge in [-0.2, -0.15) is 0 Å². The molecule has 0 saturated heterocycles. The van der Waals surface area contributed by atoms with Crippen LogP contribution in [-0.2, 0) is 6.54 Å². The Morgan fingerprint density at radius 1 is 1.05 bits per heavy atom. The van der Waals surface area contributed by atoms with Crippen molar-refractivity contribution in [3.63, 3.8) is 0 Å². The standard InChI is InChI=1S/C20H29NO/c1-2-7-22-19-6-4-3-5-18(19)14-21-20-11-15-8-16(12-20)10-17(9-15)13-20/h3-6,15-17,21H,2,7-14H2,1H3. The van der Waals surface area contributed by atoms with Crippen molar-refractivity contribution >= 4 is 0 Å². The van der Waals surface area contributed by atoms with Crippen molar-refractivity contribution in [2.45, 2.75) is 64.0 Å². The average Bonchev–Trinajstić information content (AvgIpc) is 2.50. The van der Waals surface area contributed by atoms with Crippen molar-refractivity contribution in [1.82, 2.24) is 5.32 Å². The topological polar surface area (TPSA) is 21.3 Å². The Bertz CT molecular complexity index is 489. The summed E-state index contributed by atoms with van der Waals surface area (Å²) >= 11 is 0. The van der Waals surface area contributed by atoms with Gasteiger partial charge >= 0.3 is 0 Å². The normalized spacial score (nSPS) is 35.8. The monoisotopic (exact) mass is 299 g/mol. The molecule has 2 nitrogen and oxygen atoms in total. The van der Waals surface area contributed by atoms with E-state index in [-0.39, 0.29) is 0 Å². The van der Waals surface area contributed by atoms with Crippen LogP contribution in [0.4, 0.5) is 0 Å². The largest absolute Gasteiger partial charge is 0.493 e. The van der Waals surface area contributed by atoms with Gasteiger partial charge in [-0.1, -0.05) is 25.1 Å².